The van der Waals surface area contributed by atoms with Gasteiger partial charge in [0.1, 0.15) is 0 Å². The summed E-state index contributed by atoms with van der Waals surface area (Å²) < 4.78 is 0. The van der Waals surface area contributed by atoms with Crippen molar-refractivity contribution in [3.63, 3.8) is 0 Å². The van der Waals surface area contributed by atoms with Gasteiger partial charge in [0.15, 0.2) is 0 Å². The van der Waals surface area contributed by atoms with Crippen LogP contribution in [-0.2, 0) is 6.54 Å². The number of benzene rings is 1. The van der Waals surface area contributed by atoms with E-state index in [4.69, 9.17) is 5.11 Å². The van der Waals surface area contributed by atoms with E-state index in [1.165, 1.54) is 16.7 Å². The second-order valence-electron chi connectivity index (χ2n) is 3.93. The average Bonchev–Trinajstić information content (AvgIpc) is 2.16. The topological polar surface area (TPSA) is 32.3 Å². The Balaban J connectivity index is 2.85. The van der Waals surface area contributed by atoms with Crippen LogP contribution in [-0.4, -0.2) is 11.8 Å². The van der Waals surface area contributed by atoms with Crippen LogP contribution in [0.4, 0.5) is 0 Å². The van der Waals surface area contributed by atoms with E-state index in [2.05, 4.69) is 44.3 Å². The fourth-order valence-electron chi connectivity index (χ4n) is 1.43. The number of hydrogen-bond donors (Lipinski definition) is 2. The van der Waals surface area contributed by atoms with E-state index in [9.17, 15) is 0 Å². The van der Waals surface area contributed by atoms with E-state index in [1.54, 1.807) is 0 Å². The van der Waals surface area contributed by atoms with Gasteiger partial charge in [-0.05, 0) is 29.5 Å². The molecule has 0 amide bonds. The third-order valence-electron chi connectivity index (χ3n) is 2.47. The number of rotatable bonds is 4. The summed E-state index contributed by atoms with van der Waals surface area (Å²) in [7, 11) is 0. The lowest BCUT2D eigenvalue weighted by molar-refractivity contribution is 0.259. The van der Waals surface area contributed by atoms with Crippen molar-refractivity contribution in [2.24, 2.45) is 0 Å². The molecule has 0 heterocycles. The second kappa shape index (κ2) is 5.13. The van der Waals surface area contributed by atoms with Gasteiger partial charge < -0.3 is 5.11 Å². The van der Waals surface area contributed by atoms with Crippen LogP contribution in [0.2, 0.25) is 0 Å². The Kier molecular flexibility index (Phi) is 4.11. The summed E-state index contributed by atoms with van der Waals surface area (Å²) in [4.78, 5) is 0. The maximum Gasteiger partial charge on any atom is 0.0934 e. The van der Waals surface area contributed by atoms with Crippen molar-refractivity contribution in [2.75, 3.05) is 6.73 Å². The van der Waals surface area contributed by atoms with Crippen molar-refractivity contribution in [3.05, 3.63) is 34.9 Å². The fraction of sp³-hybridized carbons (Fsp3) is 0.500. The Hall–Kier alpha value is -0.860. The van der Waals surface area contributed by atoms with Gasteiger partial charge in [0, 0.05) is 6.54 Å². The lowest BCUT2D eigenvalue weighted by Crippen LogP contribution is -2.14. The summed E-state index contributed by atoms with van der Waals surface area (Å²) in [5.41, 5.74) is 3.89. The molecule has 0 radical (unpaired) electrons. The molecule has 0 saturated heterocycles. The van der Waals surface area contributed by atoms with Crippen molar-refractivity contribution in [1.82, 2.24) is 5.32 Å². The van der Waals surface area contributed by atoms with Crippen LogP contribution in [0.1, 0.15) is 36.5 Å². The molecule has 0 aliphatic carbocycles. The predicted molar refractivity (Wildman–Crippen MR) is 59.2 cm³/mol. The van der Waals surface area contributed by atoms with Gasteiger partial charge in [0.05, 0.1) is 6.73 Å². The molecule has 0 aromatic heterocycles. The molecule has 0 bridgehead atoms. The summed E-state index contributed by atoms with van der Waals surface area (Å²) in [5.74, 6) is 0.559. The molecular weight excluding hydrogens is 174 g/mol. The van der Waals surface area contributed by atoms with Crippen LogP contribution in [0.15, 0.2) is 18.2 Å². The van der Waals surface area contributed by atoms with E-state index in [-0.39, 0.29) is 6.73 Å². The van der Waals surface area contributed by atoms with Crippen molar-refractivity contribution in [1.29, 1.82) is 0 Å². The molecule has 78 valence electrons. The largest absolute Gasteiger partial charge is 0.381 e. The maximum atomic E-state index is 8.69. The lowest BCUT2D eigenvalue weighted by atomic mass is 9.98. The Morgan fingerprint density at radius 3 is 2.64 bits per heavy atom. The monoisotopic (exact) mass is 193 g/mol. The van der Waals surface area contributed by atoms with Gasteiger partial charge in [0.2, 0.25) is 0 Å². The first kappa shape index (κ1) is 11.2. The molecule has 2 nitrogen and oxygen atoms in total. The molecule has 2 N–H and O–H groups in total. The van der Waals surface area contributed by atoms with Crippen LogP contribution < -0.4 is 5.32 Å². The molecule has 0 saturated carbocycles. The average molecular weight is 193 g/mol. The van der Waals surface area contributed by atoms with Gasteiger partial charge in [-0.2, -0.15) is 0 Å². The number of aliphatic hydroxyl groups excluding tert-OH is 1. The molecule has 0 atom stereocenters. The maximum absolute atomic E-state index is 8.69. The van der Waals surface area contributed by atoms with Crippen LogP contribution in [0, 0.1) is 6.92 Å². The van der Waals surface area contributed by atoms with E-state index < -0.39 is 0 Å². The smallest absolute Gasteiger partial charge is 0.0934 e. The normalized spacial score (nSPS) is 10.9. The summed E-state index contributed by atoms with van der Waals surface area (Å²) in [6, 6.07) is 6.52. The number of aliphatic hydroxyl groups is 1. The van der Waals surface area contributed by atoms with Crippen molar-refractivity contribution in [2.45, 2.75) is 33.2 Å². The summed E-state index contributed by atoms with van der Waals surface area (Å²) in [6.07, 6.45) is 0. The van der Waals surface area contributed by atoms with Crippen molar-refractivity contribution < 1.29 is 5.11 Å². The predicted octanol–water partition coefficient (Wildman–Crippen LogP) is 2.16. The third kappa shape index (κ3) is 2.82. The van der Waals surface area contributed by atoms with Crippen LogP contribution in [0.5, 0.6) is 0 Å². The molecule has 0 aliphatic heterocycles. The molecule has 0 fully saturated rings. The third-order valence-corrected chi connectivity index (χ3v) is 2.47. The Morgan fingerprint density at radius 1 is 1.36 bits per heavy atom. The molecule has 2 heteroatoms. The summed E-state index contributed by atoms with van der Waals surface area (Å²) >= 11 is 0. The zero-order valence-corrected chi connectivity index (χ0v) is 9.17. The van der Waals surface area contributed by atoms with Gasteiger partial charge in [-0.1, -0.05) is 32.0 Å². The van der Waals surface area contributed by atoms with Gasteiger partial charge in [-0.3, -0.25) is 5.32 Å². The van der Waals surface area contributed by atoms with Gasteiger partial charge in [-0.15, -0.1) is 0 Å². The lowest BCUT2D eigenvalue weighted by Gasteiger charge is -2.11. The SMILES string of the molecule is Cc1ccc(C(C)C)cc1CNCO. The van der Waals surface area contributed by atoms with Crippen molar-refractivity contribution in [3.8, 4) is 0 Å². The minimum absolute atomic E-state index is 0.0331. The van der Waals surface area contributed by atoms with Gasteiger partial charge >= 0.3 is 0 Å². The Bertz CT molecular complexity index is 294. The highest BCUT2D eigenvalue weighted by Crippen LogP contribution is 2.18. The zero-order valence-electron chi connectivity index (χ0n) is 9.17. The number of aryl methyl sites for hydroxylation is 1. The highest BCUT2D eigenvalue weighted by atomic mass is 16.3. The van der Waals surface area contributed by atoms with E-state index in [1.807, 2.05) is 0 Å². The van der Waals surface area contributed by atoms with Crippen LogP contribution in [0.25, 0.3) is 0 Å². The minimum Gasteiger partial charge on any atom is -0.381 e. The first-order valence-corrected chi connectivity index (χ1v) is 5.06. The molecular formula is C12H19NO. The Labute approximate surface area is 86.0 Å². The molecule has 0 unspecified atom stereocenters. The zero-order chi connectivity index (χ0) is 10.6. The molecule has 14 heavy (non-hydrogen) atoms. The summed E-state index contributed by atoms with van der Waals surface area (Å²) in [5, 5.41) is 11.6. The quantitative estimate of drug-likeness (QED) is 0.718. The molecule has 0 spiro atoms. The van der Waals surface area contributed by atoms with Gasteiger partial charge in [0.25, 0.3) is 0 Å². The second-order valence-corrected chi connectivity index (χ2v) is 3.93. The fourth-order valence-corrected chi connectivity index (χ4v) is 1.43. The summed E-state index contributed by atoms with van der Waals surface area (Å²) in [6.45, 7) is 7.24. The highest BCUT2D eigenvalue weighted by Gasteiger charge is 2.02. The standard InChI is InChI=1S/C12H19NO/c1-9(2)11-5-4-10(3)12(6-11)7-13-8-14/h4-6,9,13-14H,7-8H2,1-3H3. The molecule has 1 aromatic rings. The Morgan fingerprint density at radius 2 is 2.07 bits per heavy atom. The molecule has 1 rings (SSSR count). The number of nitrogens with one attached hydrogen (secondary N) is 1. The van der Waals surface area contributed by atoms with Crippen LogP contribution in [0.3, 0.4) is 0 Å². The van der Waals surface area contributed by atoms with E-state index >= 15 is 0 Å². The van der Waals surface area contributed by atoms with Crippen LogP contribution >= 0.6 is 0 Å². The number of hydrogen-bond acceptors (Lipinski definition) is 2. The van der Waals surface area contributed by atoms with Crippen molar-refractivity contribution >= 4 is 0 Å². The van der Waals surface area contributed by atoms with Gasteiger partial charge in [-0.25, -0.2) is 0 Å². The minimum atomic E-state index is 0.0331. The molecule has 1 aromatic carbocycles. The first-order chi connectivity index (χ1) is 6.65. The first-order valence-electron chi connectivity index (χ1n) is 5.06. The van der Waals surface area contributed by atoms with E-state index in [0.29, 0.717) is 5.92 Å². The highest BCUT2D eigenvalue weighted by molar-refractivity contribution is 5.32. The van der Waals surface area contributed by atoms with E-state index in [0.717, 1.165) is 6.54 Å². The molecule has 0 aliphatic rings.